The number of nitrogens with one attached hydrogen (secondary N) is 1. The highest BCUT2D eigenvalue weighted by Gasteiger charge is 2.07. The molecule has 0 fully saturated rings. The van der Waals surface area contributed by atoms with Gasteiger partial charge in [-0.2, -0.15) is 0 Å². The molecular weight excluding hydrogens is 312 g/mol. The van der Waals surface area contributed by atoms with Crippen molar-refractivity contribution in [3.8, 4) is 0 Å². The van der Waals surface area contributed by atoms with Crippen LogP contribution in [0.25, 0.3) is 0 Å². The number of aromatic carboxylic acids is 1. The van der Waals surface area contributed by atoms with Crippen molar-refractivity contribution in [3.63, 3.8) is 0 Å². The summed E-state index contributed by atoms with van der Waals surface area (Å²) in [6, 6.07) is 4.96. The third-order valence-corrected chi connectivity index (χ3v) is 3.09. The van der Waals surface area contributed by atoms with Gasteiger partial charge in [-0.25, -0.2) is 4.79 Å². The molecule has 1 aromatic carbocycles. The van der Waals surface area contributed by atoms with Crippen LogP contribution in [0.15, 0.2) is 29.0 Å². The van der Waals surface area contributed by atoms with Gasteiger partial charge in [0.1, 0.15) is 6.33 Å². The third-order valence-electron chi connectivity index (χ3n) is 2.63. The molecule has 0 saturated carbocycles. The number of hydrogen-bond donors (Lipinski definition) is 2. The quantitative estimate of drug-likeness (QED) is 0.882. The minimum Gasteiger partial charge on any atom is -0.478 e. The Kier molecular flexibility index (Phi) is 4.16. The number of anilines is 1. The molecule has 0 atom stereocenters. The van der Waals surface area contributed by atoms with E-state index in [9.17, 15) is 4.79 Å². The van der Waals surface area contributed by atoms with Crippen LogP contribution in [0, 0.1) is 0 Å². The number of carboxylic acid groups (broad SMARTS) is 1. The van der Waals surface area contributed by atoms with Crippen molar-refractivity contribution < 1.29 is 9.90 Å². The van der Waals surface area contributed by atoms with Crippen LogP contribution >= 0.6 is 15.9 Å². The van der Waals surface area contributed by atoms with E-state index in [4.69, 9.17) is 5.11 Å². The maximum atomic E-state index is 11.0. The minimum atomic E-state index is -0.957. The summed E-state index contributed by atoms with van der Waals surface area (Å²) in [7, 11) is 0. The van der Waals surface area contributed by atoms with E-state index in [1.165, 1.54) is 0 Å². The molecule has 0 unspecified atom stereocenters. The van der Waals surface area contributed by atoms with Gasteiger partial charge in [0.15, 0.2) is 5.82 Å². The zero-order valence-corrected chi connectivity index (χ0v) is 11.9. The lowest BCUT2D eigenvalue weighted by Crippen LogP contribution is -2.08. The SMILES string of the molecule is CCn1cnnc1CNc1cc(Br)cc(C(=O)O)c1. The molecule has 2 aromatic rings. The minimum absolute atomic E-state index is 0.230. The molecule has 2 N–H and O–H groups in total. The standard InChI is InChI=1S/C12H13BrN4O2/c1-2-17-7-15-16-11(17)6-14-10-4-8(12(18)19)3-9(13)5-10/h3-5,7,14H,2,6H2,1H3,(H,18,19). The third kappa shape index (κ3) is 3.31. The highest BCUT2D eigenvalue weighted by atomic mass is 79.9. The number of carboxylic acids is 1. The maximum Gasteiger partial charge on any atom is 0.335 e. The molecule has 2 rings (SSSR count). The van der Waals surface area contributed by atoms with E-state index >= 15 is 0 Å². The van der Waals surface area contributed by atoms with E-state index in [-0.39, 0.29) is 5.56 Å². The number of benzene rings is 1. The second-order valence-electron chi connectivity index (χ2n) is 3.92. The van der Waals surface area contributed by atoms with Gasteiger partial charge in [-0.15, -0.1) is 10.2 Å². The number of nitrogens with zero attached hydrogens (tertiary/aromatic N) is 3. The van der Waals surface area contributed by atoms with Crippen molar-refractivity contribution in [3.05, 3.63) is 40.4 Å². The first-order chi connectivity index (χ1) is 9.10. The van der Waals surface area contributed by atoms with Crippen LogP contribution in [0.2, 0.25) is 0 Å². The highest BCUT2D eigenvalue weighted by Crippen LogP contribution is 2.20. The van der Waals surface area contributed by atoms with Crippen LogP contribution in [0.3, 0.4) is 0 Å². The summed E-state index contributed by atoms with van der Waals surface area (Å²) >= 11 is 3.29. The summed E-state index contributed by atoms with van der Waals surface area (Å²) in [5, 5.41) is 20.0. The molecule has 1 heterocycles. The van der Waals surface area contributed by atoms with Gasteiger partial charge < -0.3 is 15.0 Å². The van der Waals surface area contributed by atoms with E-state index < -0.39 is 5.97 Å². The van der Waals surface area contributed by atoms with E-state index in [1.54, 1.807) is 18.5 Å². The zero-order valence-electron chi connectivity index (χ0n) is 10.3. The van der Waals surface area contributed by atoms with Crippen molar-refractivity contribution in [2.24, 2.45) is 0 Å². The van der Waals surface area contributed by atoms with Gasteiger partial charge in [0.2, 0.25) is 0 Å². The van der Waals surface area contributed by atoms with Crippen LogP contribution in [-0.2, 0) is 13.1 Å². The number of aromatic nitrogens is 3. The summed E-state index contributed by atoms with van der Waals surface area (Å²) < 4.78 is 2.63. The Morgan fingerprint density at radius 3 is 2.95 bits per heavy atom. The average molecular weight is 325 g/mol. The molecule has 0 amide bonds. The maximum absolute atomic E-state index is 11.0. The number of halogens is 1. The van der Waals surface area contributed by atoms with E-state index in [0.717, 1.165) is 18.1 Å². The number of aryl methyl sites for hydroxylation is 1. The summed E-state index contributed by atoms with van der Waals surface area (Å²) in [6.45, 7) is 3.29. The second kappa shape index (κ2) is 5.83. The predicted octanol–water partition coefficient (Wildman–Crippen LogP) is 2.37. The monoisotopic (exact) mass is 324 g/mol. The van der Waals surface area contributed by atoms with Gasteiger partial charge in [-0.3, -0.25) is 0 Å². The van der Waals surface area contributed by atoms with Gasteiger partial charge in [-0.1, -0.05) is 15.9 Å². The van der Waals surface area contributed by atoms with Gasteiger partial charge in [0, 0.05) is 16.7 Å². The van der Waals surface area contributed by atoms with Gasteiger partial charge in [-0.05, 0) is 25.1 Å². The Morgan fingerprint density at radius 1 is 1.47 bits per heavy atom. The fourth-order valence-electron chi connectivity index (χ4n) is 1.68. The van der Waals surface area contributed by atoms with E-state index in [0.29, 0.717) is 11.0 Å². The molecule has 0 bridgehead atoms. The molecule has 0 aliphatic carbocycles. The molecule has 0 aliphatic rings. The number of rotatable bonds is 5. The molecule has 6 nitrogen and oxygen atoms in total. The summed E-state index contributed by atoms with van der Waals surface area (Å²) in [6.07, 6.45) is 1.67. The summed E-state index contributed by atoms with van der Waals surface area (Å²) in [4.78, 5) is 11.0. The predicted molar refractivity (Wildman–Crippen MR) is 74.1 cm³/mol. The van der Waals surface area contributed by atoms with E-state index in [2.05, 4.69) is 31.4 Å². The van der Waals surface area contributed by atoms with Crippen LogP contribution in [0.5, 0.6) is 0 Å². The van der Waals surface area contributed by atoms with E-state index in [1.807, 2.05) is 17.6 Å². The first kappa shape index (κ1) is 13.5. The molecule has 7 heteroatoms. The van der Waals surface area contributed by atoms with Crippen molar-refractivity contribution in [2.45, 2.75) is 20.0 Å². The Bertz CT molecular complexity index is 597. The molecule has 0 radical (unpaired) electrons. The molecule has 1 aromatic heterocycles. The van der Waals surface area contributed by atoms with Crippen molar-refractivity contribution >= 4 is 27.6 Å². The lowest BCUT2D eigenvalue weighted by molar-refractivity contribution is 0.0697. The average Bonchev–Trinajstić information content (AvgIpc) is 2.83. The number of carbonyl (C=O) groups is 1. The summed E-state index contributed by atoms with van der Waals surface area (Å²) in [5.41, 5.74) is 0.950. The molecule has 100 valence electrons. The Morgan fingerprint density at radius 2 is 2.26 bits per heavy atom. The molecule has 0 spiro atoms. The van der Waals surface area contributed by atoms with Crippen LogP contribution in [0.1, 0.15) is 23.1 Å². The largest absolute Gasteiger partial charge is 0.478 e. The van der Waals surface area contributed by atoms with Gasteiger partial charge in [0.25, 0.3) is 0 Å². The lowest BCUT2D eigenvalue weighted by atomic mass is 10.2. The highest BCUT2D eigenvalue weighted by molar-refractivity contribution is 9.10. The Balaban J connectivity index is 2.13. The fourth-order valence-corrected chi connectivity index (χ4v) is 2.17. The first-order valence-corrected chi connectivity index (χ1v) is 6.54. The van der Waals surface area contributed by atoms with Crippen molar-refractivity contribution in [2.75, 3.05) is 5.32 Å². The lowest BCUT2D eigenvalue weighted by Gasteiger charge is -2.08. The summed E-state index contributed by atoms with van der Waals surface area (Å²) in [5.74, 6) is -0.152. The molecular formula is C12H13BrN4O2. The van der Waals surface area contributed by atoms with Gasteiger partial charge >= 0.3 is 5.97 Å². The normalized spacial score (nSPS) is 10.4. The Hall–Kier alpha value is -1.89. The fraction of sp³-hybridized carbons (Fsp3) is 0.250. The Labute approximate surface area is 118 Å². The molecule has 0 saturated heterocycles. The molecule has 19 heavy (non-hydrogen) atoms. The second-order valence-corrected chi connectivity index (χ2v) is 4.84. The smallest absolute Gasteiger partial charge is 0.335 e. The topological polar surface area (TPSA) is 80.0 Å². The number of hydrogen-bond acceptors (Lipinski definition) is 4. The van der Waals surface area contributed by atoms with Crippen LogP contribution in [-0.4, -0.2) is 25.8 Å². The van der Waals surface area contributed by atoms with Crippen molar-refractivity contribution in [1.82, 2.24) is 14.8 Å². The zero-order chi connectivity index (χ0) is 13.8. The first-order valence-electron chi connectivity index (χ1n) is 5.74. The molecule has 0 aliphatic heterocycles. The van der Waals surface area contributed by atoms with Crippen LogP contribution < -0.4 is 5.32 Å². The van der Waals surface area contributed by atoms with Crippen molar-refractivity contribution in [1.29, 1.82) is 0 Å². The van der Waals surface area contributed by atoms with Crippen LogP contribution in [0.4, 0.5) is 5.69 Å². The van der Waals surface area contributed by atoms with Gasteiger partial charge in [0.05, 0.1) is 12.1 Å².